The molecule has 2 heterocycles. The minimum Gasteiger partial charge on any atom is -0.480 e. The molecule has 2 aliphatic rings. The van der Waals surface area contributed by atoms with E-state index >= 15 is 0 Å². The first-order valence-corrected chi connectivity index (χ1v) is 7.48. The monoisotopic (exact) mass is 278 g/mol. The third-order valence-electron chi connectivity index (χ3n) is 5.03. The summed E-state index contributed by atoms with van der Waals surface area (Å²) < 4.78 is 5.21. The van der Waals surface area contributed by atoms with Crippen LogP contribution in [-0.2, 0) is 11.3 Å². The molecule has 1 aromatic rings. The van der Waals surface area contributed by atoms with Gasteiger partial charge < -0.3 is 9.63 Å². The minimum absolute atomic E-state index is 0.350. The smallest absolute Gasteiger partial charge is 0.320 e. The lowest BCUT2D eigenvalue weighted by molar-refractivity contribution is -0.142. The third kappa shape index (κ3) is 2.24. The maximum absolute atomic E-state index is 11.6. The summed E-state index contributed by atoms with van der Waals surface area (Å²) in [7, 11) is 0. The van der Waals surface area contributed by atoms with Gasteiger partial charge in [0.15, 0.2) is 0 Å². The first kappa shape index (κ1) is 13.6. The molecule has 3 atom stereocenters. The standard InChI is InChI=1S/C15H22N2O3/c1-9-12(10(2)20-16-9)8-17-13-6-4-3-5-11(13)7-14(17)15(18)19/h11,13-14H,3-8H2,1-2H3,(H,18,19)/t11-,13-,14-/m0/s1. The first-order valence-electron chi connectivity index (χ1n) is 7.48. The topological polar surface area (TPSA) is 66.6 Å². The maximum atomic E-state index is 11.6. The predicted molar refractivity (Wildman–Crippen MR) is 73.3 cm³/mol. The molecule has 0 spiro atoms. The van der Waals surface area contributed by atoms with Crippen LogP contribution >= 0.6 is 0 Å². The van der Waals surface area contributed by atoms with E-state index in [0.29, 0.717) is 18.5 Å². The number of fused-ring (bicyclic) bond motifs is 1. The van der Waals surface area contributed by atoms with Crippen LogP contribution in [0.1, 0.15) is 49.1 Å². The molecule has 0 amide bonds. The van der Waals surface area contributed by atoms with E-state index in [1.54, 1.807) is 0 Å². The summed E-state index contributed by atoms with van der Waals surface area (Å²) in [5, 5.41) is 13.5. The zero-order valence-electron chi connectivity index (χ0n) is 12.1. The van der Waals surface area contributed by atoms with Crippen molar-refractivity contribution >= 4 is 5.97 Å². The summed E-state index contributed by atoms with van der Waals surface area (Å²) in [4.78, 5) is 13.8. The van der Waals surface area contributed by atoms with Gasteiger partial charge in [-0.2, -0.15) is 0 Å². The highest BCUT2D eigenvalue weighted by molar-refractivity contribution is 5.74. The Hall–Kier alpha value is -1.36. The molecule has 0 radical (unpaired) electrons. The van der Waals surface area contributed by atoms with Crippen LogP contribution in [0.2, 0.25) is 0 Å². The van der Waals surface area contributed by atoms with Gasteiger partial charge in [0, 0.05) is 18.2 Å². The van der Waals surface area contributed by atoms with Crippen molar-refractivity contribution in [2.24, 2.45) is 5.92 Å². The molecule has 110 valence electrons. The third-order valence-corrected chi connectivity index (χ3v) is 5.03. The lowest BCUT2D eigenvalue weighted by Gasteiger charge is -2.32. The second-order valence-corrected chi connectivity index (χ2v) is 6.18. The van der Waals surface area contributed by atoms with E-state index in [9.17, 15) is 9.90 Å². The Kier molecular flexibility index (Phi) is 3.54. The van der Waals surface area contributed by atoms with E-state index in [-0.39, 0.29) is 6.04 Å². The number of aryl methyl sites for hydroxylation is 2. The SMILES string of the molecule is Cc1noc(C)c1CN1[C@H](C(=O)O)C[C@@H]2CCCC[C@@H]21. The maximum Gasteiger partial charge on any atom is 0.320 e. The average Bonchev–Trinajstić information content (AvgIpc) is 2.94. The molecule has 0 bridgehead atoms. The van der Waals surface area contributed by atoms with E-state index in [0.717, 1.165) is 29.9 Å². The van der Waals surface area contributed by atoms with Gasteiger partial charge in [0.25, 0.3) is 0 Å². The molecule has 1 aliphatic carbocycles. The molecule has 2 fully saturated rings. The van der Waals surface area contributed by atoms with Crippen LogP contribution in [0, 0.1) is 19.8 Å². The second kappa shape index (κ2) is 5.20. The zero-order chi connectivity index (χ0) is 14.3. The summed E-state index contributed by atoms with van der Waals surface area (Å²) in [5.41, 5.74) is 1.94. The molecule has 0 aromatic carbocycles. The Morgan fingerprint density at radius 3 is 2.80 bits per heavy atom. The highest BCUT2D eigenvalue weighted by atomic mass is 16.5. The van der Waals surface area contributed by atoms with Crippen molar-refractivity contribution < 1.29 is 14.4 Å². The molecule has 0 unspecified atom stereocenters. The number of hydrogen-bond acceptors (Lipinski definition) is 4. The second-order valence-electron chi connectivity index (χ2n) is 6.18. The number of aliphatic carboxylic acids is 1. The van der Waals surface area contributed by atoms with Crippen molar-refractivity contribution in [3.8, 4) is 0 Å². The van der Waals surface area contributed by atoms with Gasteiger partial charge in [0.1, 0.15) is 11.8 Å². The molecular formula is C15H22N2O3. The van der Waals surface area contributed by atoms with Crippen LogP contribution in [0.25, 0.3) is 0 Å². The summed E-state index contributed by atoms with van der Waals surface area (Å²) in [5.74, 6) is 0.669. The van der Waals surface area contributed by atoms with Gasteiger partial charge in [-0.15, -0.1) is 0 Å². The fourth-order valence-corrected chi connectivity index (χ4v) is 3.93. The van der Waals surface area contributed by atoms with Gasteiger partial charge in [0.2, 0.25) is 0 Å². The highest BCUT2D eigenvalue weighted by Crippen LogP contribution is 2.40. The zero-order valence-corrected chi connectivity index (χ0v) is 12.1. The molecule has 5 heteroatoms. The Labute approximate surface area is 118 Å². The molecule has 1 aromatic heterocycles. The van der Waals surface area contributed by atoms with E-state index in [4.69, 9.17) is 4.52 Å². The number of carboxylic acid groups (broad SMARTS) is 1. The van der Waals surface area contributed by atoms with Gasteiger partial charge in [-0.25, -0.2) is 0 Å². The van der Waals surface area contributed by atoms with Gasteiger partial charge in [0.05, 0.1) is 5.69 Å². The summed E-state index contributed by atoms with van der Waals surface area (Å²) in [6.45, 7) is 4.48. The molecule has 20 heavy (non-hydrogen) atoms. The van der Waals surface area contributed by atoms with Crippen molar-refractivity contribution in [1.82, 2.24) is 10.1 Å². The van der Waals surface area contributed by atoms with Gasteiger partial charge in [-0.1, -0.05) is 18.0 Å². The average molecular weight is 278 g/mol. The van der Waals surface area contributed by atoms with E-state index in [2.05, 4.69) is 10.1 Å². The number of carboxylic acids is 1. The van der Waals surface area contributed by atoms with Gasteiger partial charge >= 0.3 is 5.97 Å². The normalized spacial score (nSPS) is 30.4. The van der Waals surface area contributed by atoms with Gasteiger partial charge in [-0.3, -0.25) is 9.69 Å². The van der Waals surface area contributed by atoms with Crippen molar-refractivity contribution in [3.63, 3.8) is 0 Å². The first-order chi connectivity index (χ1) is 9.58. The highest BCUT2D eigenvalue weighted by Gasteiger charge is 2.45. The lowest BCUT2D eigenvalue weighted by Crippen LogP contribution is -2.41. The fourth-order valence-electron chi connectivity index (χ4n) is 3.93. The quantitative estimate of drug-likeness (QED) is 0.920. The fraction of sp³-hybridized carbons (Fsp3) is 0.733. The Bertz CT molecular complexity index is 492. The van der Waals surface area contributed by atoms with Crippen LogP contribution in [0.3, 0.4) is 0 Å². The molecule has 1 aliphatic heterocycles. The number of nitrogens with zero attached hydrogens (tertiary/aromatic N) is 2. The van der Waals surface area contributed by atoms with Crippen LogP contribution in [0.15, 0.2) is 4.52 Å². The number of carbonyl (C=O) groups is 1. The number of hydrogen-bond donors (Lipinski definition) is 1. The summed E-state index contributed by atoms with van der Waals surface area (Å²) in [6.07, 6.45) is 5.55. The van der Waals surface area contributed by atoms with E-state index in [1.807, 2.05) is 13.8 Å². The Morgan fingerprint density at radius 1 is 1.40 bits per heavy atom. The predicted octanol–water partition coefficient (Wildman–Crippen LogP) is 2.51. The molecule has 1 saturated carbocycles. The van der Waals surface area contributed by atoms with Crippen molar-refractivity contribution in [1.29, 1.82) is 0 Å². The molecule has 3 rings (SSSR count). The van der Waals surface area contributed by atoms with Crippen LogP contribution in [0.5, 0.6) is 0 Å². The summed E-state index contributed by atoms with van der Waals surface area (Å²) >= 11 is 0. The largest absolute Gasteiger partial charge is 0.480 e. The van der Waals surface area contributed by atoms with E-state index in [1.165, 1.54) is 19.3 Å². The number of rotatable bonds is 3. The van der Waals surface area contributed by atoms with E-state index < -0.39 is 5.97 Å². The summed E-state index contributed by atoms with van der Waals surface area (Å²) in [6, 6.07) is 0.0651. The minimum atomic E-state index is -0.689. The van der Waals surface area contributed by atoms with Gasteiger partial charge in [-0.05, 0) is 39.0 Å². The Balaban J connectivity index is 1.86. The molecule has 1 saturated heterocycles. The molecular weight excluding hydrogens is 256 g/mol. The molecule has 5 nitrogen and oxygen atoms in total. The van der Waals surface area contributed by atoms with Crippen molar-refractivity contribution in [2.45, 2.75) is 64.6 Å². The van der Waals surface area contributed by atoms with Crippen LogP contribution < -0.4 is 0 Å². The van der Waals surface area contributed by atoms with Crippen LogP contribution in [-0.4, -0.2) is 33.2 Å². The van der Waals surface area contributed by atoms with Crippen molar-refractivity contribution in [2.75, 3.05) is 0 Å². The molecule has 1 N–H and O–H groups in total. The Morgan fingerprint density at radius 2 is 2.15 bits per heavy atom. The number of aromatic nitrogens is 1. The number of likely N-dealkylation sites (tertiary alicyclic amines) is 1. The lowest BCUT2D eigenvalue weighted by atomic mass is 9.84. The van der Waals surface area contributed by atoms with Crippen LogP contribution in [0.4, 0.5) is 0 Å². The van der Waals surface area contributed by atoms with Crippen molar-refractivity contribution in [3.05, 3.63) is 17.0 Å².